The highest BCUT2D eigenvalue weighted by molar-refractivity contribution is 5.79. The summed E-state index contributed by atoms with van der Waals surface area (Å²) in [6.07, 6.45) is -4.66. The van der Waals surface area contributed by atoms with E-state index in [4.69, 9.17) is 27.2 Å². The molecular weight excluding hydrogens is 442 g/mol. The van der Waals surface area contributed by atoms with Gasteiger partial charge < -0.3 is 20.3 Å². The fourth-order valence-electron chi connectivity index (χ4n) is 3.49. The van der Waals surface area contributed by atoms with Gasteiger partial charge >= 0.3 is 12.1 Å². The highest BCUT2D eigenvalue weighted by atomic mass is 19.4. The van der Waals surface area contributed by atoms with E-state index in [1.807, 2.05) is 53.4 Å². The van der Waals surface area contributed by atoms with Crippen molar-refractivity contribution in [3.63, 3.8) is 0 Å². The van der Waals surface area contributed by atoms with E-state index in [2.05, 4.69) is 9.41 Å². The predicted molar refractivity (Wildman–Crippen MR) is 115 cm³/mol. The van der Waals surface area contributed by atoms with Crippen molar-refractivity contribution in [2.24, 2.45) is 5.73 Å². The minimum absolute atomic E-state index is 0.0296. The van der Waals surface area contributed by atoms with Gasteiger partial charge in [0.25, 0.3) is 0 Å². The molecule has 0 unspecified atom stereocenters. The Kier molecular flexibility index (Phi) is 6.88. The largest absolute Gasteiger partial charge is 0.490 e. The maximum absolute atomic E-state index is 14.6. The first-order chi connectivity index (χ1) is 15.6. The summed E-state index contributed by atoms with van der Waals surface area (Å²) in [6.45, 7) is 8.60. The monoisotopic (exact) mass is 463 g/mol. The van der Waals surface area contributed by atoms with Crippen LogP contribution in [0.1, 0.15) is 12.0 Å². The maximum Gasteiger partial charge on any atom is 0.490 e. The van der Waals surface area contributed by atoms with Gasteiger partial charge in [-0.1, -0.05) is 36.4 Å². The third-order valence-corrected chi connectivity index (χ3v) is 5.24. The van der Waals surface area contributed by atoms with E-state index in [0.717, 1.165) is 22.5 Å². The number of benzene rings is 2. The maximum atomic E-state index is 14.6. The van der Waals surface area contributed by atoms with E-state index in [0.29, 0.717) is 25.2 Å². The third kappa shape index (κ3) is 5.59. The number of halogens is 4. The average Bonchev–Trinajstić information content (AvgIpc) is 3.35. The first kappa shape index (κ1) is 24.0. The van der Waals surface area contributed by atoms with Crippen molar-refractivity contribution in [3.8, 4) is 0 Å². The molecule has 33 heavy (non-hydrogen) atoms. The molecule has 4 rings (SSSR count). The number of carbonyl (C=O) groups is 1. The quantitative estimate of drug-likeness (QED) is 0.448. The lowest BCUT2D eigenvalue weighted by Crippen LogP contribution is -2.37. The van der Waals surface area contributed by atoms with Crippen LogP contribution in [0.15, 0.2) is 48.5 Å². The molecule has 3 N–H and O–H groups in total. The number of nitrogens with zero attached hydrogens (tertiary/aromatic N) is 4. The molecule has 1 aromatic heterocycles. The van der Waals surface area contributed by atoms with Gasteiger partial charge in [0.2, 0.25) is 5.95 Å². The van der Waals surface area contributed by atoms with Crippen LogP contribution in [0, 0.1) is 6.57 Å². The smallest absolute Gasteiger partial charge is 0.475 e. The number of alkyl halides is 4. The molecule has 2 heterocycles. The second-order valence-electron chi connectivity index (χ2n) is 7.59. The summed E-state index contributed by atoms with van der Waals surface area (Å²) in [7, 11) is 0. The number of hydrogen-bond acceptors (Lipinski definition) is 4. The van der Waals surface area contributed by atoms with Crippen molar-refractivity contribution in [2.45, 2.75) is 24.8 Å². The summed E-state index contributed by atoms with van der Waals surface area (Å²) in [6, 6.07) is 15.5. The highest BCUT2D eigenvalue weighted by Gasteiger charge is 2.39. The molecule has 0 saturated carbocycles. The zero-order valence-corrected chi connectivity index (χ0v) is 17.4. The minimum Gasteiger partial charge on any atom is -0.475 e. The van der Waals surface area contributed by atoms with Crippen LogP contribution in [0.2, 0.25) is 0 Å². The van der Waals surface area contributed by atoms with Crippen LogP contribution >= 0.6 is 0 Å². The predicted octanol–water partition coefficient (Wildman–Crippen LogP) is 4.15. The van der Waals surface area contributed by atoms with Crippen LogP contribution in [0.5, 0.6) is 0 Å². The number of imidazole rings is 1. The minimum atomic E-state index is -5.08. The lowest BCUT2D eigenvalue weighted by atomic mass is 10.1. The number of hydrogen-bond donors (Lipinski definition) is 2. The summed E-state index contributed by atoms with van der Waals surface area (Å²) in [4.78, 5) is 19.1. The highest BCUT2D eigenvalue weighted by Crippen LogP contribution is 2.31. The fourth-order valence-corrected chi connectivity index (χ4v) is 3.49. The SMILES string of the molecule is O=C(O)C(F)(F)F.[C-]#[N+]c1ccc(Cn2c(N3CC[C@@](F)(CN)C3)nc3ccccc32)cc1. The van der Waals surface area contributed by atoms with E-state index in [9.17, 15) is 17.6 Å². The molecule has 1 fully saturated rings. The molecule has 174 valence electrons. The van der Waals surface area contributed by atoms with E-state index in [1.54, 1.807) is 0 Å². The van der Waals surface area contributed by atoms with Gasteiger partial charge in [0.05, 0.1) is 30.7 Å². The summed E-state index contributed by atoms with van der Waals surface area (Å²) in [5, 5.41) is 7.12. The molecule has 0 radical (unpaired) electrons. The molecule has 7 nitrogen and oxygen atoms in total. The Labute approximate surface area is 186 Å². The Morgan fingerprint density at radius 2 is 1.85 bits per heavy atom. The Balaban J connectivity index is 0.000000383. The molecule has 0 bridgehead atoms. The topological polar surface area (TPSA) is 88.7 Å². The van der Waals surface area contributed by atoms with Crippen LogP contribution < -0.4 is 10.6 Å². The molecule has 1 atom stereocenters. The zero-order chi connectivity index (χ0) is 24.2. The van der Waals surface area contributed by atoms with Gasteiger partial charge in [-0.25, -0.2) is 19.0 Å². The number of fused-ring (bicyclic) bond motifs is 1. The average molecular weight is 463 g/mol. The number of carboxylic acid groups (broad SMARTS) is 1. The summed E-state index contributed by atoms with van der Waals surface area (Å²) in [5.74, 6) is -1.99. The second kappa shape index (κ2) is 9.46. The number of anilines is 1. The van der Waals surface area contributed by atoms with Crippen LogP contribution in [-0.2, 0) is 11.3 Å². The Morgan fingerprint density at radius 1 is 1.21 bits per heavy atom. The number of para-hydroxylation sites is 2. The van der Waals surface area contributed by atoms with Crippen molar-refractivity contribution in [3.05, 3.63) is 65.5 Å². The molecule has 2 aromatic carbocycles. The molecule has 1 aliphatic rings. The van der Waals surface area contributed by atoms with Gasteiger partial charge in [-0.05, 0) is 17.7 Å². The second-order valence-corrected chi connectivity index (χ2v) is 7.59. The van der Waals surface area contributed by atoms with E-state index in [1.165, 1.54) is 0 Å². The van der Waals surface area contributed by atoms with Crippen molar-refractivity contribution >= 4 is 28.6 Å². The fraction of sp³-hybridized carbons (Fsp3) is 0.318. The normalized spacial score (nSPS) is 18.0. The number of aliphatic carboxylic acids is 1. The van der Waals surface area contributed by atoms with Crippen LogP contribution in [0.4, 0.5) is 29.2 Å². The summed E-state index contributed by atoms with van der Waals surface area (Å²) >= 11 is 0. The van der Waals surface area contributed by atoms with Crippen molar-refractivity contribution in [1.29, 1.82) is 0 Å². The van der Waals surface area contributed by atoms with Gasteiger partial charge in [-0.15, -0.1) is 0 Å². The molecule has 0 amide bonds. The standard InChI is InChI=1S/C20H20FN5.C2HF3O2/c1-23-16-8-6-15(7-9-16)12-26-18-5-3-2-4-17(18)24-19(26)25-11-10-20(21,13-22)14-25;3-2(4,5)1(6)7/h2-9H,10-14,22H2;(H,6,7)/t20-;/m1./s1. The van der Waals surface area contributed by atoms with Crippen LogP contribution in [-0.4, -0.2) is 52.1 Å². The molecule has 11 heteroatoms. The molecule has 1 saturated heterocycles. The van der Waals surface area contributed by atoms with E-state index >= 15 is 0 Å². The van der Waals surface area contributed by atoms with Gasteiger partial charge in [-0.3, -0.25) is 0 Å². The molecule has 0 aliphatic carbocycles. The van der Waals surface area contributed by atoms with Gasteiger partial charge in [0, 0.05) is 19.5 Å². The lowest BCUT2D eigenvalue weighted by molar-refractivity contribution is -0.192. The Morgan fingerprint density at radius 3 is 2.39 bits per heavy atom. The van der Waals surface area contributed by atoms with E-state index < -0.39 is 17.8 Å². The van der Waals surface area contributed by atoms with Crippen LogP contribution in [0.3, 0.4) is 0 Å². The number of rotatable bonds is 4. The number of nitrogens with two attached hydrogens (primary N) is 1. The third-order valence-electron chi connectivity index (χ3n) is 5.24. The van der Waals surface area contributed by atoms with Crippen molar-refractivity contribution < 1.29 is 27.5 Å². The summed E-state index contributed by atoms with van der Waals surface area (Å²) in [5.41, 5.74) is 7.87. The number of aromatic nitrogens is 2. The van der Waals surface area contributed by atoms with Gasteiger partial charge in [0.15, 0.2) is 5.69 Å². The van der Waals surface area contributed by atoms with E-state index in [-0.39, 0.29) is 13.1 Å². The van der Waals surface area contributed by atoms with Crippen molar-refractivity contribution in [2.75, 3.05) is 24.5 Å². The molecule has 1 aliphatic heterocycles. The first-order valence-corrected chi connectivity index (χ1v) is 9.92. The Hall–Kier alpha value is -3.65. The lowest BCUT2D eigenvalue weighted by Gasteiger charge is -2.21. The molecule has 0 spiro atoms. The van der Waals surface area contributed by atoms with Gasteiger partial charge in [-0.2, -0.15) is 13.2 Å². The van der Waals surface area contributed by atoms with Crippen molar-refractivity contribution in [1.82, 2.24) is 9.55 Å². The molecule has 3 aromatic rings. The summed E-state index contributed by atoms with van der Waals surface area (Å²) < 4.78 is 48.5. The zero-order valence-electron chi connectivity index (χ0n) is 17.4. The first-order valence-electron chi connectivity index (χ1n) is 9.92. The van der Waals surface area contributed by atoms with Crippen LogP contribution in [0.25, 0.3) is 15.9 Å². The molecular formula is C22H21F4N5O2. The Bertz CT molecular complexity index is 1170. The number of carboxylic acids is 1. The van der Waals surface area contributed by atoms with Gasteiger partial charge in [0.1, 0.15) is 5.67 Å².